The van der Waals surface area contributed by atoms with Gasteiger partial charge in [0.25, 0.3) is 5.91 Å². The lowest BCUT2D eigenvalue weighted by Crippen LogP contribution is -2.27. The number of nitrogens with zero attached hydrogens (tertiary/aromatic N) is 1. The first-order valence-electron chi connectivity index (χ1n) is 9.08. The summed E-state index contributed by atoms with van der Waals surface area (Å²) in [4.78, 5) is 13.5. The lowest BCUT2D eigenvalue weighted by molar-refractivity contribution is -0.118. The van der Waals surface area contributed by atoms with E-state index in [1.165, 1.54) is 10.4 Å². The van der Waals surface area contributed by atoms with Gasteiger partial charge < -0.3 is 10.1 Å². The van der Waals surface area contributed by atoms with Crippen LogP contribution in [0.25, 0.3) is 0 Å². The second kappa shape index (κ2) is 8.98. The standard InChI is InChI=1S/C20H24N2O4S2/c1-15-13-16(28(24,25)22-11-5-6-12-22)9-10-18(15)26-14-20(23)21-17-7-3-4-8-19(17)27-2/h3-4,7-10,13H,5-6,11-12,14H2,1-2H3,(H,21,23). The molecule has 1 aliphatic rings. The molecule has 0 atom stereocenters. The molecule has 1 fully saturated rings. The number of para-hydroxylation sites is 1. The zero-order valence-corrected chi connectivity index (χ0v) is 17.6. The molecule has 2 aromatic rings. The number of hydrogen-bond acceptors (Lipinski definition) is 5. The van der Waals surface area contributed by atoms with E-state index in [0.717, 1.165) is 23.4 Å². The monoisotopic (exact) mass is 420 g/mol. The number of thioether (sulfide) groups is 1. The zero-order valence-electron chi connectivity index (χ0n) is 16.0. The Bertz CT molecular complexity index is 954. The summed E-state index contributed by atoms with van der Waals surface area (Å²) in [7, 11) is -3.46. The fourth-order valence-electron chi connectivity index (χ4n) is 3.10. The summed E-state index contributed by atoms with van der Waals surface area (Å²) in [6.07, 6.45) is 3.74. The smallest absolute Gasteiger partial charge is 0.262 e. The molecule has 0 unspecified atom stereocenters. The molecule has 1 N–H and O–H groups in total. The Labute approximate surface area is 170 Å². The van der Waals surface area contributed by atoms with Crippen LogP contribution >= 0.6 is 11.8 Å². The Morgan fingerprint density at radius 1 is 1.18 bits per heavy atom. The number of nitrogens with one attached hydrogen (secondary N) is 1. The fourth-order valence-corrected chi connectivity index (χ4v) is 5.26. The van der Waals surface area contributed by atoms with Crippen LogP contribution in [0.4, 0.5) is 5.69 Å². The van der Waals surface area contributed by atoms with E-state index in [9.17, 15) is 13.2 Å². The van der Waals surface area contributed by atoms with Crippen molar-refractivity contribution < 1.29 is 17.9 Å². The largest absolute Gasteiger partial charge is 0.483 e. The number of amides is 1. The number of benzene rings is 2. The van der Waals surface area contributed by atoms with E-state index in [1.54, 1.807) is 30.8 Å². The van der Waals surface area contributed by atoms with Gasteiger partial charge >= 0.3 is 0 Å². The molecule has 0 aromatic heterocycles. The highest BCUT2D eigenvalue weighted by molar-refractivity contribution is 7.98. The number of anilines is 1. The van der Waals surface area contributed by atoms with Crippen LogP contribution in [0.5, 0.6) is 5.75 Å². The van der Waals surface area contributed by atoms with Crippen LogP contribution in [0.1, 0.15) is 18.4 Å². The molecule has 1 amide bonds. The Hall–Kier alpha value is -2.03. The third kappa shape index (κ3) is 4.68. The number of hydrogen-bond donors (Lipinski definition) is 1. The highest BCUT2D eigenvalue weighted by Gasteiger charge is 2.27. The Kier molecular flexibility index (Phi) is 6.64. The van der Waals surface area contributed by atoms with Crippen LogP contribution in [-0.2, 0) is 14.8 Å². The zero-order chi connectivity index (χ0) is 20.1. The maximum absolute atomic E-state index is 12.6. The van der Waals surface area contributed by atoms with Crippen molar-refractivity contribution in [3.05, 3.63) is 48.0 Å². The van der Waals surface area contributed by atoms with Crippen molar-refractivity contribution in [3.63, 3.8) is 0 Å². The lowest BCUT2D eigenvalue weighted by atomic mass is 10.2. The van der Waals surface area contributed by atoms with Crippen molar-refractivity contribution in [1.29, 1.82) is 0 Å². The molecule has 0 radical (unpaired) electrons. The van der Waals surface area contributed by atoms with E-state index >= 15 is 0 Å². The molecular formula is C20H24N2O4S2. The minimum absolute atomic E-state index is 0.151. The minimum atomic E-state index is -3.46. The molecule has 28 heavy (non-hydrogen) atoms. The van der Waals surface area contributed by atoms with Crippen LogP contribution in [-0.4, -0.2) is 44.6 Å². The molecular weight excluding hydrogens is 396 g/mol. The Morgan fingerprint density at radius 2 is 1.89 bits per heavy atom. The van der Waals surface area contributed by atoms with E-state index < -0.39 is 10.0 Å². The number of ether oxygens (including phenoxy) is 1. The highest BCUT2D eigenvalue weighted by atomic mass is 32.2. The van der Waals surface area contributed by atoms with E-state index in [-0.39, 0.29) is 17.4 Å². The molecule has 0 spiro atoms. The Morgan fingerprint density at radius 3 is 2.57 bits per heavy atom. The van der Waals surface area contributed by atoms with E-state index in [0.29, 0.717) is 24.4 Å². The summed E-state index contributed by atoms with van der Waals surface area (Å²) < 4.78 is 32.4. The van der Waals surface area contributed by atoms with Gasteiger partial charge in [-0.2, -0.15) is 4.31 Å². The van der Waals surface area contributed by atoms with Crippen molar-refractivity contribution in [2.75, 3.05) is 31.3 Å². The molecule has 6 nitrogen and oxygen atoms in total. The first-order valence-corrected chi connectivity index (χ1v) is 11.7. The average Bonchev–Trinajstić information content (AvgIpc) is 3.23. The molecule has 0 aliphatic carbocycles. The SMILES string of the molecule is CSc1ccccc1NC(=O)COc1ccc(S(=O)(=O)N2CCCC2)cc1C. The van der Waals surface area contributed by atoms with E-state index in [4.69, 9.17) is 4.74 Å². The molecule has 150 valence electrons. The van der Waals surface area contributed by atoms with Gasteiger partial charge in [-0.1, -0.05) is 12.1 Å². The van der Waals surface area contributed by atoms with Gasteiger partial charge in [0.1, 0.15) is 5.75 Å². The molecule has 0 bridgehead atoms. The number of rotatable bonds is 7. The van der Waals surface area contributed by atoms with Gasteiger partial charge in [0.2, 0.25) is 10.0 Å². The highest BCUT2D eigenvalue weighted by Crippen LogP contribution is 2.27. The van der Waals surface area contributed by atoms with Gasteiger partial charge in [-0.05, 0) is 61.9 Å². The predicted molar refractivity (Wildman–Crippen MR) is 112 cm³/mol. The normalized spacial score (nSPS) is 14.8. The van der Waals surface area contributed by atoms with Gasteiger partial charge in [0.05, 0.1) is 10.6 Å². The predicted octanol–water partition coefficient (Wildman–Crippen LogP) is 3.52. The number of carbonyl (C=O) groups excluding carboxylic acids is 1. The molecule has 1 heterocycles. The van der Waals surface area contributed by atoms with E-state index in [2.05, 4.69) is 5.32 Å². The molecule has 1 aliphatic heterocycles. The average molecular weight is 421 g/mol. The van der Waals surface area contributed by atoms with Crippen LogP contribution in [0.15, 0.2) is 52.3 Å². The first kappa shape index (κ1) is 20.7. The van der Waals surface area contributed by atoms with Crippen LogP contribution < -0.4 is 10.1 Å². The molecule has 2 aromatic carbocycles. The van der Waals surface area contributed by atoms with Crippen molar-refractivity contribution in [3.8, 4) is 5.75 Å². The third-order valence-electron chi connectivity index (χ3n) is 4.59. The van der Waals surface area contributed by atoms with Crippen molar-refractivity contribution in [1.82, 2.24) is 4.31 Å². The summed E-state index contributed by atoms with van der Waals surface area (Å²) in [6.45, 7) is 2.76. The molecule has 8 heteroatoms. The summed E-state index contributed by atoms with van der Waals surface area (Å²) in [5.41, 5.74) is 1.42. The number of aryl methyl sites for hydroxylation is 1. The molecule has 0 saturated carbocycles. The minimum Gasteiger partial charge on any atom is -0.483 e. The first-order chi connectivity index (χ1) is 13.4. The number of sulfonamides is 1. The summed E-state index contributed by atoms with van der Waals surface area (Å²) in [6, 6.07) is 12.3. The van der Waals surface area contributed by atoms with Gasteiger partial charge in [-0.3, -0.25) is 4.79 Å². The van der Waals surface area contributed by atoms with Crippen molar-refractivity contribution in [2.45, 2.75) is 29.6 Å². The Balaban J connectivity index is 1.64. The summed E-state index contributed by atoms with van der Waals surface area (Å²) in [5.74, 6) is 0.225. The quantitative estimate of drug-likeness (QED) is 0.694. The van der Waals surface area contributed by atoms with Crippen LogP contribution in [0, 0.1) is 6.92 Å². The van der Waals surface area contributed by atoms with Gasteiger partial charge in [0.15, 0.2) is 6.61 Å². The maximum atomic E-state index is 12.6. The van der Waals surface area contributed by atoms with Crippen molar-refractivity contribution >= 4 is 33.4 Å². The van der Waals surface area contributed by atoms with Gasteiger partial charge in [-0.15, -0.1) is 11.8 Å². The van der Waals surface area contributed by atoms with Crippen molar-refractivity contribution in [2.24, 2.45) is 0 Å². The van der Waals surface area contributed by atoms with E-state index in [1.807, 2.05) is 30.5 Å². The van der Waals surface area contributed by atoms with Crippen LogP contribution in [0.2, 0.25) is 0 Å². The molecule has 3 rings (SSSR count). The second-order valence-electron chi connectivity index (χ2n) is 6.58. The lowest BCUT2D eigenvalue weighted by Gasteiger charge is -2.17. The van der Waals surface area contributed by atoms with Gasteiger partial charge in [0, 0.05) is 18.0 Å². The van der Waals surface area contributed by atoms with Gasteiger partial charge in [-0.25, -0.2) is 8.42 Å². The summed E-state index contributed by atoms with van der Waals surface area (Å²) >= 11 is 1.55. The second-order valence-corrected chi connectivity index (χ2v) is 9.36. The third-order valence-corrected chi connectivity index (χ3v) is 7.28. The maximum Gasteiger partial charge on any atom is 0.262 e. The fraction of sp³-hybridized carbons (Fsp3) is 0.350. The topological polar surface area (TPSA) is 75.7 Å². The summed E-state index contributed by atoms with van der Waals surface area (Å²) in [5, 5.41) is 2.84. The number of carbonyl (C=O) groups is 1. The molecule has 1 saturated heterocycles. The van der Waals surface area contributed by atoms with Crippen LogP contribution in [0.3, 0.4) is 0 Å².